The second kappa shape index (κ2) is 8.78. The largest absolute Gasteiger partial charge is 0.497 e. The van der Waals surface area contributed by atoms with Gasteiger partial charge in [0.15, 0.2) is 0 Å². The Balaban J connectivity index is 1.27. The zero-order valence-corrected chi connectivity index (χ0v) is 19.1. The first-order valence-corrected chi connectivity index (χ1v) is 11.5. The van der Waals surface area contributed by atoms with E-state index in [2.05, 4.69) is 55.4 Å². The van der Waals surface area contributed by atoms with Crippen LogP contribution in [0, 0.1) is 13.8 Å². The van der Waals surface area contributed by atoms with Crippen molar-refractivity contribution in [2.24, 2.45) is 0 Å². The van der Waals surface area contributed by atoms with Gasteiger partial charge in [0.1, 0.15) is 5.75 Å². The van der Waals surface area contributed by atoms with Crippen LogP contribution in [-0.4, -0.2) is 49.5 Å². The second-order valence-electron chi connectivity index (χ2n) is 8.35. The van der Waals surface area contributed by atoms with Gasteiger partial charge in [0.25, 0.3) is 5.91 Å². The minimum atomic E-state index is 0.189. The number of amides is 1. The molecular formula is C25H30N2O2S. The van der Waals surface area contributed by atoms with E-state index in [1.165, 1.54) is 32.3 Å². The molecule has 1 aromatic heterocycles. The van der Waals surface area contributed by atoms with Crippen molar-refractivity contribution in [3.63, 3.8) is 0 Å². The summed E-state index contributed by atoms with van der Waals surface area (Å²) in [6.45, 7) is 7.76. The van der Waals surface area contributed by atoms with E-state index < -0.39 is 0 Å². The Kier molecular flexibility index (Phi) is 6.11. The van der Waals surface area contributed by atoms with Crippen LogP contribution in [0.1, 0.15) is 39.0 Å². The fraction of sp³-hybridized carbons (Fsp3) is 0.400. The molecule has 2 heterocycles. The van der Waals surface area contributed by atoms with Crippen molar-refractivity contribution in [2.75, 3.05) is 33.8 Å². The van der Waals surface area contributed by atoms with Crippen molar-refractivity contribution in [3.8, 4) is 5.75 Å². The molecule has 0 spiro atoms. The first-order valence-electron chi connectivity index (χ1n) is 10.6. The van der Waals surface area contributed by atoms with Crippen LogP contribution in [0.2, 0.25) is 0 Å². The average molecular weight is 423 g/mol. The number of rotatable bonds is 8. The fourth-order valence-electron chi connectivity index (χ4n) is 4.17. The van der Waals surface area contributed by atoms with Crippen LogP contribution in [0.25, 0.3) is 10.1 Å². The molecule has 0 bridgehead atoms. The van der Waals surface area contributed by atoms with Crippen LogP contribution in [-0.2, 0) is 13.0 Å². The Hall–Kier alpha value is -2.37. The standard InChI is InChI=1S/C25H30N2O2S/c1-17-12-20-15-27(25(28)23(20)13-18(17)2)10-5-9-26(3)11-8-19-16-30-24-7-6-21(29-4)14-22(19)24/h6-7,12-14,16H,5,8-11,15H2,1-4H3. The van der Waals surface area contributed by atoms with Crippen LogP contribution in [0.15, 0.2) is 35.7 Å². The molecule has 158 valence electrons. The number of hydrogen-bond acceptors (Lipinski definition) is 4. The van der Waals surface area contributed by atoms with Crippen LogP contribution >= 0.6 is 11.3 Å². The van der Waals surface area contributed by atoms with Crippen molar-refractivity contribution in [1.29, 1.82) is 0 Å². The van der Waals surface area contributed by atoms with Gasteiger partial charge in [0, 0.05) is 29.9 Å². The Bertz CT molecular complexity index is 1070. The number of nitrogens with zero attached hydrogens (tertiary/aromatic N) is 2. The molecule has 3 aromatic rings. The van der Waals surface area contributed by atoms with E-state index in [1.54, 1.807) is 18.4 Å². The van der Waals surface area contributed by atoms with E-state index >= 15 is 0 Å². The van der Waals surface area contributed by atoms with Crippen LogP contribution in [0.3, 0.4) is 0 Å². The number of methoxy groups -OCH3 is 1. The van der Waals surface area contributed by atoms with Gasteiger partial charge >= 0.3 is 0 Å². The highest BCUT2D eigenvalue weighted by molar-refractivity contribution is 7.17. The summed E-state index contributed by atoms with van der Waals surface area (Å²) < 4.78 is 6.69. The third-order valence-corrected chi connectivity index (χ3v) is 7.20. The van der Waals surface area contributed by atoms with Gasteiger partial charge in [0.2, 0.25) is 0 Å². The van der Waals surface area contributed by atoms with Crippen LogP contribution in [0.5, 0.6) is 5.75 Å². The number of benzene rings is 2. The molecule has 0 N–H and O–H groups in total. The highest BCUT2D eigenvalue weighted by atomic mass is 32.1. The van der Waals surface area contributed by atoms with Gasteiger partial charge in [-0.15, -0.1) is 11.3 Å². The smallest absolute Gasteiger partial charge is 0.254 e. The number of thiophene rings is 1. The number of carbonyl (C=O) groups excluding carboxylic acids is 1. The van der Waals surface area contributed by atoms with Crippen molar-refractivity contribution in [1.82, 2.24) is 9.80 Å². The molecule has 4 rings (SSSR count). The highest BCUT2D eigenvalue weighted by Crippen LogP contribution is 2.30. The second-order valence-corrected chi connectivity index (χ2v) is 9.26. The maximum absolute atomic E-state index is 12.7. The zero-order chi connectivity index (χ0) is 21.3. The fourth-order valence-corrected chi connectivity index (χ4v) is 5.15. The Morgan fingerprint density at radius 2 is 1.93 bits per heavy atom. The van der Waals surface area contributed by atoms with Crippen molar-refractivity contribution in [2.45, 2.75) is 33.2 Å². The lowest BCUT2D eigenvalue weighted by atomic mass is 10.0. The molecule has 1 amide bonds. The monoisotopic (exact) mass is 422 g/mol. The topological polar surface area (TPSA) is 32.8 Å². The SMILES string of the molecule is COc1ccc2scc(CCN(C)CCCN3Cc4cc(C)c(C)cc4C3=O)c2c1. The number of likely N-dealkylation sites (N-methyl/N-ethyl adjacent to an activating group) is 1. The summed E-state index contributed by atoms with van der Waals surface area (Å²) in [6.07, 6.45) is 2.02. The van der Waals surface area contributed by atoms with Gasteiger partial charge in [-0.2, -0.15) is 0 Å². The van der Waals surface area contributed by atoms with E-state index in [9.17, 15) is 4.79 Å². The molecule has 0 radical (unpaired) electrons. The molecule has 0 saturated carbocycles. The van der Waals surface area contributed by atoms with Gasteiger partial charge < -0.3 is 14.5 Å². The van der Waals surface area contributed by atoms with Gasteiger partial charge in [0.05, 0.1) is 7.11 Å². The number of aryl methyl sites for hydroxylation is 2. The van der Waals surface area contributed by atoms with Gasteiger partial charge in [-0.1, -0.05) is 6.07 Å². The van der Waals surface area contributed by atoms with E-state index in [-0.39, 0.29) is 5.91 Å². The first-order chi connectivity index (χ1) is 14.5. The van der Waals surface area contributed by atoms with Gasteiger partial charge in [-0.3, -0.25) is 4.79 Å². The third-order valence-electron chi connectivity index (χ3n) is 6.19. The molecule has 1 aliphatic rings. The lowest BCUT2D eigenvalue weighted by Gasteiger charge is -2.20. The number of ether oxygens (including phenoxy) is 1. The average Bonchev–Trinajstić information content (AvgIpc) is 3.27. The summed E-state index contributed by atoms with van der Waals surface area (Å²) in [5.74, 6) is 1.10. The maximum atomic E-state index is 12.7. The number of hydrogen-bond donors (Lipinski definition) is 0. The van der Waals surface area contributed by atoms with Crippen LogP contribution < -0.4 is 4.74 Å². The Morgan fingerprint density at radius 3 is 2.73 bits per heavy atom. The summed E-state index contributed by atoms with van der Waals surface area (Å²) >= 11 is 1.80. The maximum Gasteiger partial charge on any atom is 0.254 e. The molecule has 30 heavy (non-hydrogen) atoms. The zero-order valence-electron chi connectivity index (χ0n) is 18.3. The molecule has 1 aliphatic heterocycles. The normalized spacial score (nSPS) is 13.5. The molecule has 0 atom stereocenters. The van der Waals surface area contributed by atoms with Crippen molar-refractivity contribution >= 4 is 27.3 Å². The summed E-state index contributed by atoms with van der Waals surface area (Å²) in [6, 6.07) is 10.5. The lowest BCUT2D eigenvalue weighted by Crippen LogP contribution is -2.29. The van der Waals surface area contributed by atoms with E-state index in [0.29, 0.717) is 0 Å². The third kappa shape index (κ3) is 4.23. The Morgan fingerprint density at radius 1 is 1.13 bits per heavy atom. The Labute approximate surface area is 183 Å². The molecule has 5 heteroatoms. The molecule has 0 aliphatic carbocycles. The minimum absolute atomic E-state index is 0.189. The molecule has 2 aromatic carbocycles. The predicted molar refractivity (Wildman–Crippen MR) is 125 cm³/mol. The predicted octanol–water partition coefficient (Wildman–Crippen LogP) is 5.05. The van der Waals surface area contributed by atoms with E-state index in [0.717, 1.165) is 50.3 Å². The molecule has 4 nitrogen and oxygen atoms in total. The number of carbonyl (C=O) groups is 1. The van der Waals surface area contributed by atoms with E-state index in [1.807, 2.05) is 11.0 Å². The summed E-state index contributed by atoms with van der Waals surface area (Å²) in [4.78, 5) is 17.1. The lowest BCUT2D eigenvalue weighted by molar-refractivity contribution is 0.0772. The molecule has 0 unspecified atom stereocenters. The first kappa shape index (κ1) is 20.9. The van der Waals surface area contributed by atoms with Crippen molar-refractivity contribution < 1.29 is 9.53 Å². The molecule has 0 saturated heterocycles. The van der Waals surface area contributed by atoms with Gasteiger partial charge in [-0.25, -0.2) is 0 Å². The summed E-state index contributed by atoms with van der Waals surface area (Å²) in [7, 11) is 3.88. The van der Waals surface area contributed by atoms with Crippen LogP contribution in [0.4, 0.5) is 0 Å². The van der Waals surface area contributed by atoms with Crippen molar-refractivity contribution in [3.05, 3.63) is 63.5 Å². The minimum Gasteiger partial charge on any atom is -0.497 e. The quantitative estimate of drug-likeness (QED) is 0.509. The van der Waals surface area contributed by atoms with E-state index in [4.69, 9.17) is 4.74 Å². The van der Waals surface area contributed by atoms with Gasteiger partial charge in [-0.05, 0) is 97.6 Å². The summed E-state index contributed by atoms with van der Waals surface area (Å²) in [5.41, 5.74) is 5.92. The molecule has 0 fully saturated rings. The highest BCUT2D eigenvalue weighted by Gasteiger charge is 2.27. The number of fused-ring (bicyclic) bond motifs is 2. The summed E-state index contributed by atoms with van der Waals surface area (Å²) in [5, 5.41) is 3.57. The molecular weight excluding hydrogens is 392 g/mol.